The zero-order valence-electron chi connectivity index (χ0n) is 18.3. The van der Waals surface area contributed by atoms with Gasteiger partial charge in [0.2, 0.25) is 0 Å². The van der Waals surface area contributed by atoms with Crippen LogP contribution in [0.1, 0.15) is 58.9 Å². The van der Waals surface area contributed by atoms with Crippen molar-refractivity contribution in [3.8, 4) is 0 Å². The summed E-state index contributed by atoms with van der Waals surface area (Å²) in [6.45, 7) is 1.47. The third-order valence-corrected chi connectivity index (χ3v) is 6.06. The van der Waals surface area contributed by atoms with Crippen LogP contribution in [0.4, 0.5) is 18.9 Å². The first-order valence-electron chi connectivity index (χ1n) is 10.4. The van der Waals surface area contributed by atoms with Crippen molar-refractivity contribution >= 4 is 40.5 Å². The standard InChI is InChI=1S/C26H17ClF3NO4/c1-13-6-8-15(26(28,29)30)11-20(13)25(35)31-22-14(10-16(32)12-27)7-9-19-21(22)24(34)18-5-3-2-4-17(18)23(19)33/h2-9,11H,10,12H2,1H3,(H,31,35). The Labute approximate surface area is 202 Å². The molecule has 9 heteroatoms. The normalized spacial score (nSPS) is 12.7. The molecule has 1 aliphatic carbocycles. The van der Waals surface area contributed by atoms with Crippen LogP contribution < -0.4 is 5.32 Å². The lowest BCUT2D eigenvalue weighted by atomic mass is 9.81. The van der Waals surface area contributed by atoms with Crippen LogP contribution in [0.2, 0.25) is 0 Å². The SMILES string of the molecule is Cc1ccc(C(F)(F)F)cc1C(=O)Nc1c(CC(=O)CCl)ccc2c1C(=O)c1ccccc1C2=O. The van der Waals surface area contributed by atoms with Gasteiger partial charge in [0, 0.05) is 28.7 Å². The lowest BCUT2D eigenvalue weighted by molar-refractivity contribution is -0.137. The molecule has 0 heterocycles. The van der Waals surface area contributed by atoms with Gasteiger partial charge >= 0.3 is 6.18 Å². The lowest BCUT2D eigenvalue weighted by Crippen LogP contribution is -2.26. The van der Waals surface area contributed by atoms with Gasteiger partial charge in [0.05, 0.1) is 22.7 Å². The molecular weight excluding hydrogens is 483 g/mol. The number of hydrogen-bond donors (Lipinski definition) is 1. The number of benzene rings is 3. The van der Waals surface area contributed by atoms with Crippen molar-refractivity contribution in [3.05, 3.63) is 99.1 Å². The number of alkyl halides is 4. The first-order chi connectivity index (χ1) is 16.5. The van der Waals surface area contributed by atoms with Gasteiger partial charge < -0.3 is 5.32 Å². The van der Waals surface area contributed by atoms with Crippen LogP contribution in [0, 0.1) is 6.92 Å². The first-order valence-corrected chi connectivity index (χ1v) is 11.0. The van der Waals surface area contributed by atoms with Crippen LogP contribution >= 0.6 is 11.6 Å². The third-order valence-electron chi connectivity index (χ3n) is 5.76. The Bertz CT molecular complexity index is 1410. The molecule has 0 radical (unpaired) electrons. The Hall–Kier alpha value is -3.78. The molecular formula is C26H17ClF3NO4. The van der Waals surface area contributed by atoms with Crippen molar-refractivity contribution in [1.82, 2.24) is 0 Å². The van der Waals surface area contributed by atoms with Crippen LogP contribution in [0.5, 0.6) is 0 Å². The van der Waals surface area contributed by atoms with Crippen LogP contribution in [0.3, 0.4) is 0 Å². The molecule has 1 aliphatic rings. The van der Waals surface area contributed by atoms with Gasteiger partial charge in [-0.2, -0.15) is 13.2 Å². The second kappa shape index (κ2) is 9.11. The molecule has 1 amide bonds. The van der Waals surface area contributed by atoms with Gasteiger partial charge in [-0.3, -0.25) is 19.2 Å². The number of carbonyl (C=O) groups excluding carboxylic acids is 4. The number of nitrogens with one attached hydrogen (secondary N) is 1. The van der Waals surface area contributed by atoms with Crippen LogP contribution in [0.25, 0.3) is 0 Å². The van der Waals surface area contributed by atoms with E-state index in [0.717, 1.165) is 6.07 Å². The van der Waals surface area contributed by atoms with E-state index >= 15 is 0 Å². The summed E-state index contributed by atoms with van der Waals surface area (Å²) < 4.78 is 39.7. The van der Waals surface area contributed by atoms with Crippen molar-refractivity contribution in [2.45, 2.75) is 19.5 Å². The van der Waals surface area contributed by atoms with Gasteiger partial charge in [0.1, 0.15) is 0 Å². The van der Waals surface area contributed by atoms with Crippen LogP contribution in [0.15, 0.2) is 54.6 Å². The first kappa shape index (κ1) is 24.3. The highest BCUT2D eigenvalue weighted by molar-refractivity contribution is 6.31. The molecule has 0 spiro atoms. The van der Waals surface area contributed by atoms with Gasteiger partial charge in [-0.25, -0.2) is 0 Å². The van der Waals surface area contributed by atoms with E-state index < -0.39 is 35.0 Å². The van der Waals surface area contributed by atoms with Gasteiger partial charge in [0.25, 0.3) is 5.91 Å². The molecule has 0 fully saturated rings. The van der Waals surface area contributed by atoms with E-state index in [1.807, 2.05) is 0 Å². The smallest absolute Gasteiger partial charge is 0.321 e. The molecule has 0 saturated carbocycles. The van der Waals surface area contributed by atoms with Crippen molar-refractivity contribution in [2.24, 2.45) is 0 Å². The van der Waals surface area contributed by atoms with E-state index in [2.05, 4.69) is 5.32 Å². The summed E-state index contributed by atoms with van der Waals surface area (Å²) in [6, 6.07) is 11.7. The number of anilines is 1. The third kappa shape index (κ3) is 4.49. The molecule has 3 aromatic carbocycles. The van der Waals surface area contributed by atoms with E-state index in [9.17, 15) is 32.3 Å². The molecule has 0 aromatic heterocycles. The zero-order valence-corrected chi connectivity index (χ0v) is 19.0. The van der Waals surface area contributed by atoms with Crippen LogP contribution in [-0.2, 0) is 17.4 Å². The average Bonchev–Trinajstić information content (AvgIpc) is 2.82. The maximum atomic E-state index is 13.4. The number of hydrogen-bond acceptors (Lipinski definition) is 4. The minimum atomic E-state index is -4.67. The Kier molecular flexibility index (Phi) is 6.34. The van der Waals surface area contributed by atoms with Crippen molar-refractivity contribution < 1.29 is 32.3 Å². The monoisotopic (exact) mass is 499 g/mol. The summed E-state index contributed by atoms with van der Waals surface area (Å²) >= 11 is 5.63. The summed E-state index contributed by atoms with van der Waals surface area (Å²) in [7, 11) is 0. The highest BCUT2D eigenvalue weighted by atomic mass is 35.5. The predicted octanol–water partition coefficient (Wildman–Crippen LogP) is 5.39. The zero-order chi connectivity index (χ0) is 25.5. The molecule has 0 unspecified atom stereocenters. The molecule has 0 aliphatic heterocycles. The Morgan fingerprint density at radius 2 is 1.57 bits per heavy atom. The van der Waals surface area contributed by atoms with Gasteiger partial charge in [0.15, 0.2) is 17.3 Å². The number of rotatable bonds is 5. The number of carbonyl (C=O) groups is 4. The molecule has 5 nitrogen and oxygen atoms in total. The van der Waals surface area contributed by atoms with Crippen molar-refractivity contribution in [3.63, 3.8) is 0 Å². The fourth-order valence-electron chi connectivity index (χ4n) is 4.00. The second-order valence-corrected chi connectivity index (χ2v) is 8.32. The summed E-state index contributed by atoms with van der Waals surface area (Å²) in [5, 5.41) is 2.51. The fraction of sp³-hybridized carbons (Fsp3) is 0.154. The Morgan fingerprint density at radius 3 is 2.20 bits per heavy atom. The lowest BCUT2D eigenvalue weighted by Gasteiger charge is -2.23. The Balaban J connectivity index is 1.87. The summed E-state index contributed by atoms with van der Waals surface area (Å²) in [5.41, 5.74) is -0.673. The van der Waals surface area contributed by atoms with E-state index in [0.29, 0.717) is 6.07 Å². The average molecular weight is 500 g/mol. The highest BCUT2D eigenvalue weighted by Crippen LogP contribution is 2.36. The maximum absolute atomic E-state index is 13.4. The quantitative estimate of drug-likeness (QED) is 0.373. The molecule has 1 N–H and O–H groups in total. The molecule has 35 heavy (non-hydrogen) atoms. The molecule has 4 rings (SSSR count). The fourth-order valence-corrected chi connectivity index (χ4v) is 4.10. The van der Waals surface area contributed by atoms with Crippen LogP contribution in [-0.4, -0.2) is 29.1 Å². The summed E-state index contributed by atoms with van der Waals surface area (Å²) in [5.74, 6) is -2.65. The largest absolute Gasteiger partial charge is 0.416 e. The summed E-state index contributed by atoms with van der Waals surface area (Å²) in [6.07, 6.45) is -4.92. The van der Waals surface area contributed by atoms with E-state index in [1.54, 1.807) is 12.1 Å². The molecule has 3 aromatic rings. The second-order valence-electron chi connectivity index (χ2n) is 8.06. The number of Topliss-reactive ketones (excluding diaryl/α,β-unsaturated/α-hetero) is 1. The van der Waals surface area contributed by atoms with Gasteiger partial charge in [-0.15, -0.1) is 11.6 Å². The van der Waals surface area contributed by atoms with Gasteiger partial charge in [-0.05, 0) is 36.2 Å². The summed E-state index contributed by atoms with van der Waals surface area (Å²) in [4.78, 5) is 51.7. The minimum absolute atomic E-state index is 0.0202. The molecule has 178 valence electrons. The Morgan fingerprint density at radius 1 is 0.914 bits per heavy atom. The molecule has 0 bridgehead atoms. The van der Waals surface area contributed by atoms with E-state index in [4.69, 9.17) is 11.6 Å². The number of amides is 1. The van der Waals surface area contributed by atoms with Crippen molar-refractivity contribution in [2.75, 3.05) is 11.2 Å². The number of fused-ring (bicyclic) bond motifs is 2. The minimum Gasteiger partial charge on any atom is -0.321 e. The van der Waals surface area contributed by atoms with E-state index in [-0.39, 0.29) is 56.9 Å². The topological polar surface area (TPSA) is 80.3 Å². The highest BCUT2D eigenvalue weighted by Gasteiger charge is 2.34. The number of ketones is 3. The number of halogens is 4. The maximum Gasteiger partial charge on any atom is 0.416 e. The predicted molar refractivity (Wildman–Crippen MR) is 123 cm³/mol. The number of aryl methyl sites for hydroxylation is 1. The molecule has 0 saturated heterocycles. The van der Waals surface area contributed by atoms with E-state index in [1.165, 1.54) is 37.3 Å². The molecule has 0 atom stereocenters. The van der Waals surface area contributed by atoms with Crippen molar-refractivity contribution in [1.29, 1.82) is 0 Å². The van der Waals surface area contributed by atoms with Gasteiger partial charge in [-0.1, -0.05) is 36.4 Å².